The fourth-order valence-electron chi connectivity index (χ4n) is 1.33. The van der Waals surface area contributed by atoms with Gasteiger partial charge in [-0.3, -0.25) is 4.79 Å². The van der Waals surface area contributed by atoms with Crippen LogP contribution in [-0.4, -0.2) is 16.0 Å². The SMILES string of the molecule is Cc1noc(CC(=O)Nc2ccc(F)c(F)c2)n1. The van der Waals surface area contributed by atoms with Gasteiger partial charge >= 0.3 is 0 Å². The van der Waals surface area contributed by atoms with Gasteiger partial charge in [0.05, 0.1) is 0 Å². The Balaban J connectivity index is 2.00. The highest BCUT2D eigenvalue weighted by Gasteiger charge is 2.11. The van der Waals surface area contributed by atoms with E-state index in [1.165, 1.54) is 6.07 Å². The molecule has 0 spiro atoms. The van der Waals surface area contributed by atoms with E-state index in [1.807, 2.05) is 0 Å². The van der Waals surface area contributed by atoms with Gasteiger partial charge in [0, 0.05) is 11.8 Å². The Hall–Kier alpha value is -2.31. The zero-order chi connectivity index (χ0) is 13.1. The van der Waals surface area contributed by atoms with Gasteiger partial charge in [0.15, 0.2) is 17.5 Å². The van der Waals surface area contributed by atoms with E-state index < -0.39 is 17.5 Å². The maximum atomic E-state index is 12.9. The molecular formula is C11H9F2N3O2. The molecule has 0 radical (unpaired) electrons. The molecule has 2 rings (SSSR count). The number of hydrogen-bond acceptors (Lipinski definition) is 4. The number of carbonyl (C=O) groups is 1. The Morgan fingerprint density at radius 3 is 2.78 bits per heavy atom. The van der Waals surface area contributed by atoms with Gasteiger partial charge < -0.3 is 9.84 Å². The topological polar surface area (TPSA) is 68.0 Å². The first kappa shape index (κ1) is 12.2. The first-order valence-corrected chi connectivity index (χ1v) is 5.08. The number of nitrogens with zero attached hydrogens (tertiary/aromatic N) is 2. The van der Waals surface area contributed by atoms with Gasteiger partial charge in [-0.25, -0.2) is 8.78 Å². The van der Waals surface area contributed by atoms with Crippen molar-refractivity contribution in [2.45, 2.75) is 13.3 Å². The molecule has 1 aromatic carbocycles. The van der Waals surface area contributed by atoms with Crippen molar-refractivity contribution in [3.05, 3.63) is 41.5 Å². The minimum absolute atomic E-state index is 0.125. The summed E-state index contributed by atoms with van der Waals surface area (Å²) in [4.78, 5) is 15.4. The number of benzene rings is 1. The van der Waals surface area contributed by atoms with Gasteiger partial charge in [-0.1, -0.05) is 5.16 Å². The normalized spacial score (nSPS) is 10.4. The Labute approximate surface area is 101 Å². The van der Waals surface area contributed by atoms with Crippen molar-refractivity contribution in [1.82, 2.24) is 10.1 Å². The predicted octanol–water partition coefficient (Wildman–Crippen LogP) is 1.84. The summed E-state index contributed by atoms with van der Waals surface area (Å²) in [5, 5.41) is 5.92. The Morgan fingerprint density at radius 2 is 2.17 bits per heavy atom. The van der Waals surface area contributed by atoms with Crippen LogP contribution in [0.3, 0.4) is 0 Å². The predicted molar refractivity (Wildman–Crippen MR) is 57.7 cm³/mol. The van der Waals surface area contributed by atoms with E-state index in [1.54, 1.807) is 6.92 Å². The molecule has 1 amide bonds. The molecule has 0 saturated heterocycles. The standard InChI is InChI=1S/C11H9F2N3O2/c1-6-14-11(18-16-6)5-10(17)15-7-2-3-8(12)9(13)4-7/h2-4H,5H2,1H3,(H,15,17). The molecule has 94 valence electrons. The lowest BCUT2D eigenvalue weighted by atomic mass is 10.3. The van der Waals surface area contributed by atoms with E-state index >= 15 is 0 Å². The Morgan fingerprint density at radius 1 is 1.39 bits per heavy atom. The zero-order valence-electron chi connectivity index (χ0n) is 9.41. The number of aryl methyl sites for hydroxylation is 1. The average Bonchev–Trinajstić information content (AvgIpc) is 2.69. The zero-order valence-corrected chi connectivity index (χ0v) is 9.41. The molecule has 5 nitrogen and oxygen atoms in total. The lowest BCUT2D eigenvalue weighted by Gasteiger charge is -2.03. The molecule has 18 heavy (non-hydrogen) atoms. The van der Waals surface area contributed by atoms with Crippen molar-refractivity contribution >= 4 is 11.6 Å². The number of rotatable bonds is 3. The van der Waals surface area contributed by atoms with E-state index in [0.29, 0.717) is 5.82 Å². The van der Waals surface area contributed by atoms with E-state index in [0.717, 1.165) is 12.1 Å². The van der Waals surface area contributed by atoms with Gasteiger partial charge in [-0.2, -0.15) is 4.98 Å². The monoisotopic (exact) mass is 253 g/mol. The lowest BCUT2D eigenvalue weighted by molar-refractivity contribution is -0.115. The van der Waals surface area contributed by atoms with E-state index in [-0.39, 0.29) is 18.0 Å². The molecule has 0 unspecified atom stereocenters. The van der Waals surface area contributed by atoms with Gasteiger partial charge in [0.25, 0.3) is 0 Å². The summed E-state index contributed by atoms with van der Waals surface area (Å²) < 4.78 is 30.3. The van der Waals surface area contributed by atoms with Gasteiger partial charge in [-0.15, -0.1) is 0 Å². The van der Waals surface area contributed by atoms with E-state index in [4.69, 9.17) is 4.52 Å². The summed E-state index contributed by atoms with van der Waals surface area (Å²) in [7, 11) is 0. The van der Waals surface area contributed by atoms with Gasteiger partial charge in [-0.05, 0) is 19.1 Å². The largest absolute Gasteiger partial charge is 0.339 e. The lowest BCUT2D eigenvalue weighted by Crippen LogP contribution is -2.14. The second-order valence-corrected chi connectivity index (χ2v) is 3.59. The maximum absolute atomic E-state index is 12.9. The van der Waals surface area contributed by atoms with Crippen LogP contribution in [0.25, 0.3) is 0 Å². The molecule has 0 saturated carbocycles. The maximum Gasteiger partial charge on any atom is 0.236 e. The van der Waals surface area contributed by atoms with Crippen LogP contribution in [0.1, 0.15) is 11.7 Å². The summed E-state index contributed by atoms with van der Waals surface area (Å²) in [6, 6.07) is 3.09. The van der Waals surface area contributed by atoms with Crippen LogP contribution >= 0.6 is 0 Å². The van der Waals surface area contributed by atoms with Crippen molar-refractivity contribution in [3.8, 4) is 0 Å². The molecule has 1 heterocycles. The molecule has 1 aromatic heterocycles. The number of amides is 1. The molecule has 0 aliphatic carbocycles. The molecule has 0 atom stereocenters. The third-order valence-corrected chi connectivity index (χ3v) is 2.08. The summed E-state index contributed by atoms with van der Waals surface area (Å²) in [5.74, 6) is -1.87. The van der Waals surface area contributed by atoms with Crippen molar-refractivity contribution in [3.63, 3.8) is 0 Å². The second-order valence-electron chi connectivity index (χ2n) is 3.59. The van der Waals surface area contributed by atoms with E-state index in [9.17, 15) is 13.6 Å². The molecule has 1 N–H and O–H groups in total. The quantitative estimate of drug-likeness (QED) is 0.906. The summed E-state index contributed by atoms with van der Waals surface area (Å²) in [5.41, 5.74) is 0.162. The number of aromatic nitrogens is 2. The molecule has 0 bridgehead atoms. The van der Waals surface area contributed by atoms with Gasteiger partial charge in [0.2, 0.25) is 11.8 Å². The third kappa shape index (κ3) is 2.88. The van der Waals surface area contributed by atoms with Crippen LogP contribution in [-0.2, 0) is 11.2 Å². The van der Waals surface area contributed by atoms with Crippen LogP contribution in [0.2, 0.25) is 0 Å². The molecular weight excluding hydrogens is 244 g/mol. The van der Waals surface area contributed by atoms with Crippen molar-refractivity contribution < 1.29 is 18.1 Å². The molecule has 0 fully saturated rings. The molecule has 0 aliphatic rings. The number of carbonyl (C=O) groups excluding carboxylic acids is 1. The summed E-state index contributed by atoms with van der Waals surface area (Å²) in [6.07, 6.45) is -0.125. The highest BCUT2D eigenvalue weighted by molar-refractivity contribution is 5.91. The first-order valence-electron chi connectivity index (χ1n) is 5.08. The van der Waals surface area contributed by atoms with Crippen LogP contribution in [0, 0.1) is 18.6 Å². The van der Waals surface area contributed by atoms with Crippen molar-refractivity contribution in [2.75, 3.05) is 5.32 Å². The van der Waals surface area contributed by atoms with Crippen LogP contribution in [0.15, 0.2) is 22.7 Å². The number of nitrogens with one attached hydrogen (secondary N) is 1. The smallest absolute Gasteiger partial charge is 0.236 e. The molecule has 7 heteroatoms. The van der Waals surface area contributed by atoms with Crippen LogP contribution in [0.4, 0.5) is 14.5 Å². The molecule has 2 aromatic rings. The van der Waals surface area contributed by atoms with Crippen molar-refractivity contribution in [1.29, 1.82) is 0 Å². The van der Waals surface area contributed by atoms with Crippen LogP contribution < -0.4 is 5.32 Å². The first-order chi connectivity index (χ1) is 8.54. The number of hydrogen-bond donors (Lipinski definition) is 1. The summed E-state index contributed by atoms with van der Waals surface area (Å²) >= 11 is 0. The minimum atomic E-state index is -1.03. The second kappa shape index (κ2) is 4.91. The Bertz CT molecular complexity index is 583. The average molecular weight is 253 g/mol. The number of halogens is 2. The highest BCUT2D eigenvalue weighted by atomic mass is 19.2. The summed E-state index contributed by atoms with van der Waals surface area (Å²) in [6.45, 7) is 1.63. The minimum Gasteiger partial charge on any atom is -0.339 e. The van der Waals surface area contributed by atoms with E-state index in [2.05, 4.69) is 15.5 Å². The van der Waals surface area contributed by atoms with Crippen LogP contribution in [0.5, 0.6) is 0 Å². The third-order valence-electron chi connectivity index (χ3n) is 2.08. The fraction of sp³-hybridized carbons (Fsp3) is 0.182. The number of anilines is 1. The van der Waals surface area contributed by atoms with Crippen molar-refractivity contribution in [2.24, 2.45) is 0 Å². The Kier molecular flexibility index (Phi) is 3.31. The molecule has 0 aliphatic heterocycles. The van der Waals surface area contributed by atoms with Gasteiger partial charge in [0.1, 0.15) is 6.42 Å². The fourth-order valence-corrected chi connectivity index (χ4v) is 1.33. The highest BCUT2D eigenvalue weighted by Crippen LogP contribution is 2.13.